The third kappa shape index (κ3) is 3.00. The van der Waals surface area contributed by atoms with E-state index in [1.54, 1.807) is 0 Å². The Balaban J connectivity index is 1.28. The molecule has 0 N–H and O–H groups in total. The summed E-state index contributed by atoms with van der Waals surface area (Å²) in [5.41, 5.74) is 0.870. The molecule has 0 amide bonds. The largest absolute Gasteiger partial charge is 0.353 e. The van der Waals surface area contributed by atoms with E-state index in [9.17, 15) is 0 Å². The van der Waals surface area contributed by atoms with Gasteiger partial charge in [-0.05, 0) is 51.4 Å². The maximum Gasteiger partial charge on any atom is 0.178 e. The van der Waals surface area contributed by atoms with Gasteiger partial charge in [0.25, 0.3) is 0 Å². The minimum absolute atomic E-state index is 0.567. The molecule has 0 spiro atoms. The van der Waals surface area contributed by atoms with Gasteiger partial charge in [0.05, 0.1) is 0 Å². The highest BCUT2D eigenvalue weighted by Crippen LogP contribution is 2.38. The third-order valence-corrected chi connectivity index (χ3v) is 5.97. The average Bonchev–Trinajstić information content (AvgIpc) is 3.41. The van der Waals surface area contributed by atoms with Gasteiger partial charge in [-0.1, -0.05) is 0 Å². The second-order valence-electron chi connectivity index (χ2n) is 7.88. The van der Waals surface area contributed by atoms with Crippen LogP contribution in [0.25, 0.3) is 5.65 Å². The van der Waals surface area contributed by atoms with Crippen LogP contribution in [-0.4, -0.2) is 82.0 Å². The first-order valence-electron chi connectivity index (χ1n) is 9.68. The fourth-order valence-electron chi connectivity index (χ4n) is 4.31. The SMILES string of the molecule is CN1CCCC(N2CCN(c3ccc4nnc(C5CC5)n4n3)CC2)C1. The average molecular weight is 341 g/mol. The smallest absolute Gasteiger partial charge is 0.178 e. The summed E-state index contributed by atoms with van der Waals surface area (Å²) >= 11 is 0. The number of likely N-dealkylation sites (N-methyl/N-ethyl adjacent to an activating group) is 1. The number of rotatable bonds is 3. The number of aromatic nitrogens is 4. The monoisotopic (exact) mass is 341 g/mol. The van der Waals surface area contributed by atoms with Gasteiger partial charge in [0.15, 0.2) is 11.5 Å². The van der Waals surface area contributed by atoms with Gasteiger partial charge in [0.1, 0.15) is 5.82 Å². The molecule has 25 heavy (non-hydrogen) atoms. The lowest BCUT2D eigenvalue weighted by molar-refractivity contribution is 0.106. The van der Waals surface area contributed by atoms with Crippen molar-refractivity contribution in [1.82, 2.24) is 29.6 Å². The second kappa shape index (κ2) is 6.21. The van der Waals surface area contributed by atoms with Crippen molar-refractivity contribution < 1.29 is 0 Å². The van der Waals surface area contributed by atoms with Crippen molar-refractivity contribution in [3.8, 4) is 0 Å². The first-order chi connectivity index (χ1) is 12.3. The molecule has 0 bridgehead atoms. The maximum absolute atomic E-state index is 4.86. The van der Waals surface area contributed by atoms with Crippen LogP contribution in [0.3, 0.4) is 0 Å². The van der Waals surface area contributed by atoms with Crippen LogP contribution in [0.1, 0.15) is 37.4 Å². The van der Waals surface area contributed by atoms with Crippen LogP contribution in [0, 0.1) is 0 Å². The molecule has 0 aromatic carbocycles. The summed E-state index contributed by atoms with van der Waals surface area (Å²) in [6, 6.07) is 4.89. The van der Waals surface area contributed by atoms with Crippen molar-refractivity contribution in [2.24, 2.45) is 0 Å². The molecular weight excluding hydrogens is 314 g/mol. The molecule has 7 heteroatoms. The van der Waals surface area contributed by atoms with Gasteiger partial charge in [-0.15, -0.1) is 15.3 Å². The quantitative estimate of drug-likeness (QED) is 0.837. The summed E-state index contributed by atoms with van der Waals surface area (Å²) in [7, 11) is 2.25. The van der Waals surface area contributed by atoms with Gasteiger partial charge < -0.3 is 9.80 Å². The van der Waals surface area contributed by atoms with Crippen molar-refractivity contribution >= 4 is 11.5 Å². The highest BCUT2D eigenvalue weighted by molar-refractivity contribution is 5.46. The predicted molar refractivity (Wildman–Crippen MR) is 97.1 cm³/mol. The van der Waals surface area contributed by atoms with E-state index in [1.807, 2.05) is 4.52 Å². The molecule has 1 unspecified atom stereocenters. The molecule has 2 aliphatic heterocycles. The summed E-state index contributed by atoms with van der Waals surface area (Å²) in [6.45, 7) is 6.85. The third-order valence-electron chi connectivity index (χ3n) is 5.97. The first kappa shape index (κ1) is 15.5. The highest BCUT2D eigenvalue weighted by Gasteiger charge is 2.30. The van der Waals surface area contributed by atoms with E-state index in [0.29, 0.717) is 5.92 Å². The van der Waals surface area contributed by atoms with Crippen molar-refractivity contribution in [3.63, 3.8) is 0 Å². The van der Waals surface area contributed by atoms with Crippen LogP contribution >= 0.6 is 0 Å². The normalized spacial score (nSPS) is 26.4. The Hall–Kier alpha value is -1.73. The Morgan fingerprint density at radius 2 is 1.80 bits per heavy atom. The summed E-state index contributed by atoms with van der Waals surface area (Å²) in [4.78, 5) is 7.57. The highest BCUT2D eigenvalue weighted by atomic mass is 15.4. The predicted octanol–water partition coefficient (Wildman–Crippen LogP) is 1.22. The zero-order chi connectivity index (χ0) is 16.8. The lowest BCUT2D eigenvalue weighted by Crippen LogP contribution is -2.54. The van der Waals surface area contributed by atoms with Gasteiger partial charge in [-0.3, -0.25) is 4.90 Å². The summed E-state index contributed by atoms with van der Waals surface area (Å²) < 4.78 is 1.97. The Bertz CT molecular complexity index is 745. The zero-order valence-electron chi connectivity index (χ0n) is 15.0. The number of piperidine rings is 1. The number of likely N-dealkylation sites (tertiary alicyclic amines) is 1. The van der Waals surface area contributed by atoms with Crippen LogP contribution in [0.15, 0.2) is 12.1 Å². The fourth-order valence-corrected chi connectivity index (χ4v) is 4.31. The molecule has 2 saturated heterocycles. The molecule has 7 nitrogen and oxygen atoms in total. The number of nitrogens with zero attached hydrogens (tertiary/aromatic N) is 7. The minimum atomic E-state index is 0.567. The maximum atomic E-state index is 4.86. The number of anilines is 1. The minimum Gasteiger partial charge on any atom is -0.353 e. The van der Waals surface area contributed by atoms with E-state index < -0.39 is 0 Å². The Kier molecular flexibility index (Phi) is 3.86. The van der Waals surface area contributed by atoms with Crippen LogP contribution in [-0.2, 0) is 0 Å². The van der Waals surface area contributed by atoms with Crippen molar-refractivity contribution in [1.29, 1.82) is 0 Å². The van der Waals surface area contributed by atoms with E-state index in [0.717, 1.165) is 49.5 Å². The number of fused-ring (bicyclic) bond motifs is 1. The van der Waals surface area contributed by atoms with E-state index in [-0.39, 0.29) is 0 Å². The van der Waals surface area contributed by atoms with Crippen LogP contribution < -0.4 is 4.90 Å². The topological polar surface area (TPSA) is 52.8 Å². The molecule has 1 aliphatic carbocycles. The fraction of sp³-hybridized carbons (Fsp3) is 0.722. The second-order valence-corrected chi connectivity index (χ2v) is 7.88. The van der Waals surface area contributed by atoms with Gasteiger partial charge >= 0.3 is 0 Å². The molecule has 2 aromatic rings. The Labute approximate surface area is 148 Å². The van der Waals surface area contributed by atoms with E-state index in [2.05, 4.69) is 44.1 Å². The number of piperazine rings is 1. The van der Waals surface area contributed by atoms with Gasteiger partial charge in [0.2, 0.25) is 0 Å². The lowest BCUT2D eigenvalue weighted by atomic mass is 10.0. The molecule has 1 atom stereocenters. The molecule has 4 heterocycles. The molecule has 1 saturated carbocycles. The Morgan fingerprint density at radius 1 is 0.960 bits per heavy atom. The van der Waals surface area contributed by atoms with Crippen molar-refractivity contribution in [2.45, 2.75) is 37.6 Å². The summed E-state index contributed by atoms with van der Waals surface area (Å²) in [5.74, 6) is 2.67. The van der Waals surface area contributed by atoms with Crippen LogP contribution in [0.2, 0.25) is 0 Å². The van der Waals surface area contributed by atoms with Gasteiger partial charge in [-0.2, -0.15) is 4.52 Å². The van der Waals surface area contributed by atoms with E-state index >= 15 is 0 Å². The van der Waals surface area contributed by atoms with E-state index in [1.165, 1.54) is 38.8 Å². The summed E-state index contributed by atoms with van der Waals surface area (Å²) in [5, 5.41) is 13.5. The molecular formula is C18H27N7. The molecule has 5 rings (SSSR count). The molecule has 2 aromatic heterocycles. The first-order valence-corrected chi connectivity index (χ1v) is 9.68. The van der Waals surface area contributed by atoms with Gasteiger partial charge in [0, 0.05) is 44.7 Å². The number of hydrogen-bond donors (Lipinski definition) is 0. The summed E-state index contributed by atoms with van der Waals surface area (Å²) in [6.07, 6.45) is 5.12. The Morgan fingerprint density at radius 3 is 2.56 bits per heavy atom. The van der Waals surface area contributed by atoms with Crippen LogP contribution in [0.5, 0.6) is 0 Å². The van der Waals surface area contributed by atoms with E-state index in [4.69, 9.17) is 5.10 Å². The zero-order valence-corrected chi connectivity index (χ0v) is 15.0. The van der Waals surface area contributed by atoms with Gasteiger partial charge in [-0.25, -0.2) is 0 Å². The molecule has 134 valence electrons. The van der Waals surface area contributed by atoms with Crippen molar-refractivity contribution in [3.05, 3.63) is 18.0 Å². The van der Waals surface area contributed by atoms with Crippen molar-refractivity contribution in [2.75, 3.05) is 51.2 Å². The number of hydrogen-bond acceptors (Lipinski definition) is 6. The molecule has 0 radical (unpaired) electrons. The molecule has 3 fully saturated rings. The lowest BCUT2D eigenvalue weighted by Gasteiger charge is -2.42. The standard InChI is InChI=1S/C18H27N7/c1-22-8-2-3-15(13-22)23-9-11-24(12-10-23)17-7-6-16-19-20-18(14-4-5-14)25(16)21-17/h6-7,14-15H,2-5,8-13H2,1H3. The molecule has 3 aliphatic rings. The van der Waals surface area contributed by atoms with Crippen LogP contribution in [0.4, 0.5) is 5.82 Å².